The Labute approximate surface area is 120 Å². The second-order valence-electron chi connectivity index (χ2n) is 4.61. The lowest BCUT2D eigenvalue weighted by molar-refractivity contribution is 0.0896. The highest BCUT2D eigenvalue weighted by molar-refractivity contribution is 5.92. The van der Waals surface area contributed by atoms with Gasteiger partial charge in [-0.1, -0.05) is 6.07 Å². The van der Waals surface area contributed by atoms with Crippen LogP contribution in [0.5, 0.6) is 0 Å². The summed E-state index contributed by atoms with van der Waals surface area (Å²) < 4.78 is 5.40. The van der Waals surface area contributed by atoms with E-state index in [0.29, 0.717) is 31.3 Å². The van der Waals surface area contributed by atoms with Gasteiger partial charge in [-0.2, -0.15) is 0 Å². The fourth-order valence-electron chi connectivity index (χ4n) is 1.52. The molecule has 0 atom stereocenters. The molecule has 20 heavy (non-hydrogen) atoms. The standard InChI is InChI=1S/C14H24N4O2/c1-4-15-13-7-5-6-12(17-13)14(19)16-8-10-20-11-9-18(2)3/h5-7H,4,8-11H2,1-3H3,(H,15,17)(H,16,19). The fraction of sp³-hybridized carbons (Fsp3) is 0.571. The number of aromatic nitrogens is 1. The zero-order valence-electron chi connectivity index (χ0n) is 12.5. The summed E-state index contributed by atoms with van der Waals surface area (Å²) in [5, 5.41) is 5.87. The van der Waals surface area contributed by atoms with E-state index in [9.17, 15) is 4.79 Å². The van der Waals surface area contributed by atoms with Gasteiger partial charge in [0.25, 0.3) is 5.91 Å². The van der Waals surface area contributed by atoms with Crippen LogP contribution >= 0.6 is 0 Å². The predicted molar refractivity (Wildman–Crippen MR) is 80.1 cm³/mol. The molecule has 1 rings (SSSR count). The van der Waals surface area contributed by atoms with E-state index in [-0.39, 0.29) is 5.91 Å². The highest BCUT2D eigenvalue weighted by Crippen LogP contribution is 2.04. The Hall–Kier alpha value is -1.66. The minimum atomic E-state index is -0.180. The predicted octanol–water partition coefficient (Wildman–Crippen LogP) is 0.821. The van der Waals surface area contributed by atoms with E-state index in [2.05, 4.69) is 20.5 Å². The van der Waals surface area contributed by atoms with Crippen molar-refractivity contribution in [1.29, 1.82) is 0 Å². The number of ether oxygens (including phenoxy) is 1. The highest BCUT2D eigenvalue weighted by atomic mass is 16.5. The van der Waals surface area contributed by atoms with E-state index in [4.69, 9.17) is 4.74 Å². The number of hydrogen-bond donors (Lipinski definition) is 2. The number of hydrogen-bond acceptors (Lipinski definition) is 5. The van der Waals surface area contributed by atoms with Gasteiger partial charge in [0.1, 0.15) is 11.5 Å². The van der Waals surface area contributed by atoms with Gasteiger partial charge in [-0.05, 0) is 33.2 Å². The number of pyridine rings is 1. The van der Waals surface area contributed by atoms with Gasteiger partial charge in [0, 0.05) is 19.6 Å². The zero-order valence-corrected chi connectivity index (χ0v) is 12.5. The Bertz CT molecular complexity index is 410. The van der Waals surface area contributed by atoms with Crippen LogP contribution in [0, 0.1) is 0 Å². The van der Waals surface area contributed by atoms with Crippen molar-refractivity contribution >= 4 is 11.7 Å². The van der Waals surface area contributed by atoms with Gasteiger partial charge in [-0.3, -0.25) is 4.79 Å². The SMILES string of the molecule is CCNc1cccc(C(=O)NCCOCCN(C)C)n1. The number of carbonyl (C=O) groups excluding carboxylic acids is 1. The van der Waals surface area contributed by atoms with Crippen molar-refractivity contribution in [2.45, 2.75) is 6.92 Å². The van der Waals surface area contributed by atoms with E-state index in [1.54, 1.807) is 6.07 Å². The van der Waals surface area contributed by atoms with Crippen LogP contribution in [0.15, 0.2) is 18.2 Å². The van der Waals surface area contributed by atoms with Gasteiger partial charge in [0.2, 0.25) is 0 Å². The molecule has 0 unspecified atom stereocenters. The quantitative estimate of drug-likeness (QED) is 0.656. The van der Waals surface area contributed by atoms with Gasteiger partial charge in [-0.15, -0.1) is 0 Å². The number of amides is 1. The van der Waals surface area contributed by atoms with Crippen LogP contribution in [0.25, 0.3) is 0 Å². The Morgan fingerprint density at radius 2 is 2.15 bits per heavy atom. The summed E-state index contributed by atoms with van der Waals surface area (Å²) in [6, 6.07) is 5.35. The Balaban J connectivity index is 2.27. The first-order valence-corrected chi connectivity index (χ1v) is 6.85. The molecule has 6 nitrogen and oxygen atoms in total. The van der Waals surface area contributed by atoms with Crippen molar-refractivity contribution in [1.82, 2.24) is 15.2 Å². The maximum Gasteiger partial charge on any atom is 0.270 e. The molecule has 0 aliphatic heterocycles. The molecule has 1 aromatic rings. The Kier molecular flexibility index (Phi) is 7.60. The van der Waals surface area contributed by atoms with Crippen molar-refractivity contribution in [2.75, 3.05) is 52.3 Å². The molecular formula is C14H24N4O2. The third kappa shape index (κ3) is 6.49. The number of rotatable bonds is 9. The second-order valence-corrected chi connectivity index (χ2v) is 4.61. The summed E-state index contributed by atoms with van der Waals surface area (Å²) in [6.07, 6.45) is 0. The number of anilines is 1. The van der Waals surface area contributed by atoms with Crippen molar-refractivity contribution in [2.24, 2.45) is 0 Å². The number of nitrogens with one attached hydrogen (secondary N) is 2. The van der Waals surface area contributed by atoms with E-state index >= 15 is 0 Å². The average molecular weight is 280 g/mol. The lowest BCUT2D eigenvalue weighted by Crippen LogP contribution is -2.29. The van der Waals surface area contributed by atoms with Gasteiger partial charge in [0.05, 0.1) is 13.2 Å². The summed E-state index contributed by atoms with van der Waals surface area (Å²) in [6.45, 7) is 5.29. The number of likely N-dealkylation sites (N-methyl/N-ethyl adjacent to an activating group) is 1. The molecule has 0 bridgehead atoms. The van der Waals surface area contributed by atoms with E-state index in [0.717, 1.165) is 13.1 Å². The monoisotopic (exact) mass is 280 g/mol. The van der Waals surface area contributed by atoms with Gasteiger partial charge >= 0.3 is 0 Å². The molecule has 1 heterocycles. The van der Waals surface area contributed by atoms with Crippen LogP contribution in [0.3, 0.4) is 0 Å². The minimum absolute atomic E-state index is 0.180. The van der Waals surface area contributed by atoms with Crippen molar-refractivity contribution in [3.05, 3.63) is 23.9 Å². The molecule has 0 aromatic carbocycles. The number of nitrogens with zero attached hydrogens (tertiary/aromatic N) is 2. The molecule has 0 aliphatic carbocycles. The summed E-state index contributed by atoms with van der Waals surface area (Å²) in [7, 11) is 3.99. The van der Waals surface area contributed by atoms with Crippen LogP contribution in [0.4, 0.5) is 5.82 Å². The molecule has 0 saturated heterocycles. The van der Waals surface area contributed by atoms with Crippen LogP contribution in [-0.2, 0) is 4.74 Å². The molecule has 112 valence electrons. The lowest BCUT2D eigenvalue weighted by Gasteiger charge is -2.10. The van der Waals surface area contributed by atoms with Crippen LogP contribution < -0.4 is 10.6 Å². The lowest BCUT2D eigenvalue weighted by atomic mass is 10.3. The maximum atomic E-state index is 11.9. The molecule has 0 aliphatic rings. The molecule has 0 saturated carbocycles. The molecule has 2 N–H and O–H groups in total. The van der Waals surface area contributed by atoms with Crippen LogP contribution in [0.2, 0.25) is 0 Å². The molecule has 0 radical (unpaired) electrons. The topological polar surface area (TPSA) is 66.5 Å². The third-order valence-electron chi connectivity index (χ3n) is 2.55. The summed E-state index contributed by atoms with van der Waals surface area (Å²) in [4.78, 5) is 18.2. The second kappa shape index (κ2) is 9.28. The fourth-order valence-corrected chi connectivity index (χ4v) is 1.52. The first-order valence-electron chi connectivity index (χ1n) is 6.85. The molecule has 6 heteroatoms. The number of carbonyl (C=O) groups is 1. The summed E-state index contributed by atoms with van der Waals surface area (Å²) >= 11 is 0. The van der Waals surface area contributed by atoms with Gasteiger partial charge < -0.3 is 20.3 Å². The average Bonchev–Trinajstić information content (AvgIpc) is 2.43. The van der Waals surface area contributed by atoms with Crippen molar-refractivity contribution in [3.8, 4) is 0 Å². The van der Waals surface area contributed by atoms with Crippen LogP contribution in [0.1, 0.15) is 17.4 Å². The highest BCUT2D eigenvalue weighted by Gasteiger charge is 2.06. The van der Waals surface area contributed by atoms with Crippen molar-refractivity contribution in [3.63, 3.8) is 0 Å². The van der Waals surface area contributed by atoms with E-state index in [1.165, 1.54) is 0 Å². The molecule has 0 spiro atoms. The van der Waals surface area contributed by atoms with E-state index in [1.807, 2.05) is 33.2 Å². The van der Waals surface area contributed by atoms with Gasteiger partial charge in [0.15, 0.2) is 0 Å². The minimum Gasteiger partial charge on any atom is -0.378 e. The largest absolute Gasteiger partial charge is 0.378 e. The normalized spacial score (nSPS) is 10.6. The molecule has 0 fully saturated rings. The summed E-state index contributed by atoms with van der Waals surface area (Å²) in [5.74, 6) is 0.531. The Morgan fingerprint density at radius 1 is 1.35 bits per heavy atom. The third-order valence-corrected chi connectivity index (χ3v) is 2.55. The van der Waals surface area contributed by atoms with Crippen molar-refractivity contribution < 1.29 is 9.53 Å². The van der Waals surface area contributed by atoms with E-state index < -0.39 is 0 Å². The molecule has 1 aromatic heterocycles. The van der Waals surface area contributed by atoms with Crippen LogP contribution in [-0.4, -0.2) is 62.7 Å². The zero-order chi connectivity index (χ0) is 14.8. The summed E-state index contributed by atoms with van der Waals surface area (Å²) in [5.41, 5.74) is 0.414. The first kappa shape index (κ1) is 16.4. The molecule has 1 amide bonds. The van der Waals surface area contributed by atoms with Gasteiger partial charge in [-0.25, -0.2) is 4.98 Å². The Morgan fingerprint density at radius 3 is 2.85 bits per heavy atom. The smallest absolute Gasteiger partial charge is 0.270 e. The first-order chi connectivity index (χ1) is 9.63. The maximum absolute atomic E-state index is 11.9. The molecular weight excluding hydrogens is 256 g/mol.